The molecule has 1 N–H and O–H groups in total. The minimum atomic E-state index is -0.789. The van der Waals surface area contributed by atoms with Crippen LogP contribution in [0.1, 0.15) is 42.5 Å². The number of nitrogens with zero attached hydrogens (tertiary/aromatic N) is 2. The SMILES string of the molecule is CCCCOc1cccc(C(O)=C2C(=O)C(=O)N(Cc3ccncc3)C2c2cccc(OC)c2)c1. The Balaban J connectivity index is 1.80. The van der Waals surface area contributed by atoms with Gasteiger partial charge in [0.05, 0.1) is 25.3 Å². The van der Waals surface area contributed by atoms with Gasteiger partial charge < -0.3 is 19.5 Å². The van der Waals surface area contributed by atoms with Crippen LogP contribution in [0.4, 0.5) is 0 Å². The predicted octanol–water partition coefficient (Wildman–Crippen LogP) is 4.89. The van der Waals surface area contributed by atoms with E-state index in [1.54, 1.807) is 74.1 Å². The number of ketones is 1. The summed E-state index contributed by atoms with van der Waals surface area (Å²) in [6.45, 7) is 2.82. The second-order valence-electron chi connectivity index (χ2n) is 8.29. The lowest BCUT2D eigenvalue weighted by molar-refractivity contribution is -0.140. The van der Waals surface area contributed by atoms with Crippen LogP contribution >= 0.6 is 0 Å². The number of likely N-dealkylation sites (tertiary alicyclic amines) is 1. The topological polar surface area (TPSA) is 89.0 Å². The number of aliphatic hydroxyl groups is 1. The first-order valence-electron chi connectivity index (χ1n) is 11.6. The Morgan fingerprint density at radius 2 is 1.77 bits per heavy atom. The minimum absolute atomic E-state index is 0.0306. The molecule has 1 amide bonds. The number of unbranched alkanes of at least 4 members (excludes halogenated alkanes) is 1. The lowest BCUT2D eigenvalue weighted by atomic mass is 9.95. The molecule has 1 aromatic heterocycles. The Morgan fingerprint density at radius 3 is 2.51 bits per heavy atom. The maximum atomic E-state index is 13.3. The van der Waals surface area contributed by atoms with Crippen LogP contribution in [-0.2, 0) is 16.1 Å². The molecule has 4 rings (SSSR count). The molecule has 0 bridgehead atoms. The molecule has 7 nitrogen and oxygen atoms in total. The number of hydrogen-bond acceptors (Lipinski definition) is 6. The van der Waals surface area contributed by atoms with Crippen LogP contribution in [0.5, 0.6) is 11.5 Å². The molecule has 1 saturated heterocycles. The molecule has 2 heterocycles. The average molecular weight is 473 g/mol. The van der Waals surface area contributed by atoms with Gasteiger partial charge in [-0.1, -0.05) is 37.6 Å². The Morgan fingerprint density at radius 1 is 1.03 bits per heavy atom. The van der Waals surface area contributed by atoms with Crippen molar-refractivity contribution in [3.63, 3.8) is 0 Å². The van der Waals surface area contributed by atoms with Gasteiger partial charge in [0.25, 0.3) is 11.7 Å². The molecule has 180 valence electrons. The van der Waals surface area contributed by atoms with Gasteiger partial charge in [-0.05, 0) is 53.9 Å². The summed E-state index contributed by atoms with van der Waals surface area (Å²) in [5.74, 6) is -0.475. The van der Waals surface area contributed by atoms with Crippen molar-refractivity contribution in [1.29, 1.82) is 0 Å². The molecule has 0 saturated carbocycles. The molecule has 35 heavy (non-hydrogen) atoms. The number of Topliss-reactive ketones (excluding diaryl/α,β-unsaturated/α-hetero) is 1. The molecule has 0 radical (unpaired) electrons. The minimum Gasteiger partial charge on any atom is -0.507 e. The van der Waals surface area contributed by atoms with Crippen molar-refractivity contribution in [3.05, 3.63) is 95.3 Å². The molecule has 2 aromatic carbocycles. The summed E-state index contributed by atoms with van der Waals surface area (Å²) in [5, 5.41) is 11.3. The van der Waals surface area contributed by atoms with Crippen LogP contribution in [0.15, 0.2) is 78.6 Å². The van der Waals surface area contributed by atoms with E-state index in [-0.39, 0.29) is 17.9 Å². The molecule has 1 unspecified atom stereocenters. The summed E-state index contributed by atoms with van der Waals surface area (Å²) >= 11 is 0. The number of amides is 1. The average Bonchev–Trinajstić information content (AvgIpc) is 3.14. The second kappa shape index (κ2) is 10.9. The molecular formula is C28H28N2O5. The highest BCUT2D eigenvalue weighted by atomic mass is 16.5. The standard InChI is InChI=1S/C28H28N2O5/c1-3-4-15-35-23-10-6-8-21(17-23)26(31)24-25(20-7-5-9-22(16-20)34-2)30(28(33)27(24)32)18-19-11-13-29-14-12-19/h5-14,16-17,25,31H,3-4,15,18H2,1-2H3. The fraction of sp³-hybridized carbons (Fsp3) is 0.250. The molecule has 1 aliphatic rings. The van der Waals surface area contributed by atoms with Gasteiger partial charge in [-0.25, -0.2) is 0 Å². The third-order valence-electron chi connectivity index (χ3n) is 5.93. The van der Waals surface area contributed by atoms with E-state index >= 15 is 0 Å². The summed E-state index contributed by atoms with van der Waals surface area (Å²) in [7, 11) is 1.55. The maximum Gasteiger partial charge on any atom is 0.295 e. The largest absolute Gasteiger partial charge is 0.507 e. The first-order valence-corrected chi connectivity index (χ1v) is 11.6. The highest BCUT2D eigenvalue weighted by molar-refractivity contribution is 6.46. The maximum absolute atomic E-state index is 13.3. The summed E-state index contributed by atoms with van der Waals surface area (Å²) in [6, 6.07) is 16.9. The molecule has 1 aliphatic heterocycles. The van der Waals surface area contributed by atoms with E-state index in [2.05, 4.69) is 11.9 Å². The molecule has 1 fully saturated rings. The highest BCUT2D eigenvalue weighted by Crippen LogP contribution is 2.41. The zero-order chi connectivity index (χ0) is 24.8. The number of pyridine rings is 1. The summed E-state index contributed by atoms with van der Waals surface area (Å²) < 4.78 is 11.1. The van der Waals surface area contributed by atoms with E-state index < -0.39 is 17.7 Å². The number of aliphatic hydroxyl groups excluding tert-OH is 1. The summed E-state index contributed by atoms with van der Waals surface area (Å²) in [6.07, 6.45) is 5.18. The number of carbonyl (C=O) groups is 2. The summed E-state index contributed by atoms with van der Waals surface area (Å²) in [5.41, 5.74) is 1.92. The van der Waals surface area contributed by atoms with Crippen LogP contribution < -0.4 is 9.47 Å². The van der Waals surface area contributed by atoms with Crippen molar-refractivity contribution >= 4 is 17.4 Å². The number of aromatic nitrogens is 1. The van der Waals surface area contributed by atoms with Crippen LogP contribution in [-0.4, -0.2) is 40.4 Å². The van der Waals surface area contributed by atoms with Crippen molar-refractivity contribution in [2.75, 3.05) is 13.7 Å². The fourth-order valence-corrected chi connectivity index (χ4v) is 4.11. The molecule has 1 atom stereocenters. The number of methoxy groups -OCH3 is 1. The van der Waals surface area contributed by atoms with Crippen molar-refractivity contribution < 1.29 is 24.2 Å². The van der Waals surface area contributed by atoms with E-state index in [1.165, 1.54) is 4.90 Å². The predicted molar refractivity (Wildman–Crippen MR) is 132 cm³/mol. The number of ether oxygens (including phenoxy) is 2. The Labute approximate surface area is 204 Å². The fourth-order valence-electron chi connectivity index (χ4n) is 4.11. The Kier molecular flexibility index (Phi) is 7.45. The molecule has 0 aliphatic carbocycles. The van der Waals surface area contributed by atoms with E-state index in [1.807, 2.05) is 6.07 Å². The van der Waals surface area contributed by atoms with E-state index in [9.17, 15) is 14.7 Å². The van der Waals surface area contributed by atoms with Gasteiger partial charge in [-0.3, -0.25) is 14.6 Å². The summed E-state index contributed by atoms with van der Waals surface area (Å²) in [4.78, 5) is 32.0. The third-order valence-corrected chi connectivity index (χ3v) is 5.93. The van der Waals surface area contributed by atoms with Crippen LogP contribution in [0.25, 0.3) is 5.76 Å². The molecule has 0 spiro atoms. The van der Waals surface area contributed by atoms with Crippen LogP contribution in [0, 0.1) is 0 Å². The normalized spacial score (nSPS) is 17.0. The van der Waals surface area contributed by atoms with Crippen molar-refractivity contribution in [1.82, 2.24) is 9.88 Å². The van der Waals surface area contributed by atoms with Gasteiger partial charge in [0.1, 0.15) is 17.3 Å². The Bertz CT molecular complexity index is 1240. The zero-order valence-electron chi connectivity index (χ0n) is 19.8. The second-order valence-corrected chi connectivity index (χ2v) is 8.29. The van der Waals surface area contributed by atoms with Crippen molar-refractivity contribution in [3.8, 4) is 11.5 Å². The van der Waals surface area contributed by atoms with E-state index in [0.717, 1.165) is 18.4 Å². The van der Waals surface area contributed by atoms with Gasteiger partial charge >= 0.3 is 0 Å². The van der Waals surface area contributed by atoms with Gasteiger partial charge in [0.15, 0.2) is 0 Å². The number of benzene rings is 2. The molecule has 3 aromatic rings. The van der Waals surface area contributed by atoms with Gasteiger partial charge in [-0.15, -0.1) is 0 Å². The van der Waals surface area contributed by atoms with Crippen molar-refractivity contribution in [2.45, 2.75) is 32.4 Å². The van der Waals surface area contributed by atoms with Crippen LogP contribution in [0.3, 0.4) is 0 Å². The first-order chi connectivity index (χ1) is 17.0. The smallest absolute Gasteiger partial charge is 0.295 e. The zero-order valence-corrected chi connectivity index (χ0v) is 19.8. The number of rotatable bonds is 9. The van der Waals surface area contributed by atoms with Gasteiger partial charge in [-0.2, -0.15) is 0 Å². The van der Waals surface area contributed by atoms with Gasteiger partial charge in [0.2, 0.25) is 0 Å². The van der Waals surface area contributed by atoms with Gasteiger partial charge in [0, 0.05) is 24.5 Å². The molecular weight excluding hydrogens is 444 g/mol. The Hall–Kier alpha value is -4.13. The monoisotopic (exact) mass is 472 g/mol. The van der Waals surface area contributed by atoms with Crippen molar-refractivity contribution in [2.24, 2.45) is 0 Å². The third kappa shape index (κ3) is 5.19. The van der Waals surface area contributed by atoms with E-state index in [4.69, 9.17) is 9.47 Å². The van der Waals surface area contributed by atoms with E-state index in [0.29, 0.717) is 29.2 Å². The number of hydrogen-bond donors (Lipinski definition) is 1. The quantitative estimate of drug-likeness (QED) is 0.206. The van der Waals surface area contributed by atoms with Crippen LogP contribution in [0.2, 0.25) is 0 Å². The first kappa shape index (κ1) is 24.0. The molecule has 7 heteroatoms. The lowest BCUT2D eigenvalue weighted by Gasteiger charge is -2.25. The number of carbonyl (C=O) groups excluding carboxylic acids is 2. The highest BCUT2D eigenvalue weighted by Gasteiger charge is 2.46. The lowest BCUT2D eigenvalue weighted by Crippen LogP contribution is -2.29.